The molecule has 110 valence electrons. The molecule has 4 heteroatoms. The van der Waals surface area contributed by atoms with E-state index >= 15 is 0 Å². The maximum atomic E-state index is 6.05. The number of unbranched alkanes of at least 4 members (excludes halogenated alkanes) is 2. The van der Waals surface area contributed by atoms with Gasteiger partial charge in [0.25, 0.3) is 0 Å². The van der Waals surface area contributed by atoms with Crippen molar-refractivity contribution in [2.75, 3.05) is 5.32 Å². The first-order chi connectivity index (χ1) is 10.2. The molecule has 0 radical (unpaired) electrons. The number of fused-ring (bicyclic) bond motifs is 2. The zero-order valence-electron chi connectivity index (χ0n) is 11.9. The Bertz CT molecular complexity index is 670. The van der Waals surface area contributed by atoms with E-state index in [0.29, 0.717) is 0 Å². The minimum Gasteiger partial charge on any atom is -0.453 e. The number of nitrogens with one attached hydrogen (secondary N) is 1. The number of hydrogen-bond acceptors (Lipinski definition) is 2. The summed E-state index contributed by atoms with van der Waals surface area (Å²) in [6.45, 7) is 2.23. The third-order valence-corrected chi connectivity index (χ3v) is 5.74. The van der Waals surface area contributed by atoms with Crippen LogP contribution in [0.25, 0.3) is 0 Å². The van der Waals surface area contributed by atoms with Crippen LogP contribution in [0.4, 0.5) is 11.4 Å². The lowest BCUT2D eigenvalue weighted by Crippen LogP contribution is -2.06. The number of benzene rings is 2. The van der Waals surface area contributed by atoms with Crippen LogP contribution >= 0.6 is 31.9 Å². The number of para-hydroxylation sites is 2. The van der Waals surface area contributed by atoms with Gasteiger partial charge in [-0.2, -0.15) is 0 Å². The lowest BCUT2D eigenvalue weighted by Gasteiger charge is -2.25. The number of halogens is 2. The van der Waals surface area contributed by atoms with Crippen LogP contribution in [0.5, 0.6) is 11.5 Å². The van der Waals surface area contributed by atoms with E-state index in [0.717, 1.165) is 38.2 Å². The van der Waals surface area contributed by atoms with Crippen molar-refractivity contribution in [2.45, 2.75) is 32.6 Å². The molecule has 1 heterocycles. The highest BCUT2D eigenvalue weighted by atomic mass is 79.9. The van der Waals surface area contributed by atoms with Gasteiger partial charge in [0.05, 0.1) is 11.4 Å². The van der Waals surface area contributed by atoms with Crippen molar-refractivity contribution in [1.29, 1.82) is 0 Å². The largest absolute Gasteiger partial charge is 0.453 e. The molecule has 0 saturated carbocycles. The van der Waals surface area contributed by atoms with Gasteiger partial charge in [-0.25, -0.2) is 0 Å². The van der Waals surface area contributed by atoms with E-state index in [4.69, 9.17) is 4.74 Å². The quantitative estimate of drug-likeness (QED) is 0.477. The van der Waals surface area contributed by atoms with Crippen molar-refractivity contribution in [3.8, 4) is 11.5 Å². The van der Waals surface area contributed by atoms with E-state index in [1.807, 2.05) is 30.3 Å². The molecule has 1 N–H and O–H groups in total. The Hall–Kier alpha value is -1.00. The van der Waals surface area contributed by atoms with Gasteiger partial charge in [0.2, 0.25) is 0 Å². The van der Waals surface area contributed by atoms with Gasteiger partial charge in [0.1, 0.15) is 0 Å². The minimum absolute atomic E-state index is 0.874. The Morgan fingerprint density at radius 2 is 1.90 bits per heavy atom. The first kappa shape index (κ1) is 14.9. The van der Waals surface area contributed by atoms with Crippen LogP contribution in [0.15, 0.2) is 39.3 Å². The molecule has 2 aromatic carbocycles. The Kier molecular flexibility index (Phi) is 4.55. The molecule has 0 aliphatic carbocycles. The number of ether oxygens (including phenoxy) is 1. The summed E-state index contributed by atoms with van der Waals surface area (Å²) >= 11 is 7.33. The first-order valence-corrected chi connectivity index (χ1v) is 8.84. The first-order valence-electron chi connectivity index (χ1n) is 7.25. The molecule has 0 spiro atoms. The zero-order valence-corrected chi connectivity index (χ0v) is 15.1. The van der Waals surface area contributed by atoms with Gasteiger partial charge >= 0.3 is 0 Å². The fourth-order valence-corrected chi connectivity index (χ4v) is 3.53. The van der Waals surface area contributed by atoms with Crippen molar-refractivity contribution in [3.05, 3.63) is 44.8 Å². The highest BCUT2D eigenvalue weighted by Gasteiger charge is 2.22. The molecule has 0 bridgehead atoms. The summed E-state index contributed by atoms with van der Waals surface area (Å²) in [6.07, 6.45) is 4.68. The average Bonchev–Trinajstić information content (AvgIpc) is 2.49. The van der Waals surface area contributed by atoms with Crippen LogP contribution in [0, 0.1) is 0 Å². The monoisotopic (exact) mass is 409 g/mol. The lowest BCUT2D eigenvalue weighted by atomic mass is 10.0. The molecule has 1 aliphatic heterocycles. The summed E-state index contributed by atoms with van der Waals surface area (Å²) in [5.74, 6) is 1.76. The van der Waals surface area contributed by atoms with E-state index < -0.39 is 0 Å². The van der Waals surface area contributed by atoms with Crippen LogP contribution in [-0.2, 0) is 6.42 Å². The molecule has 0 unspecified atom stereocenters. The average molecular weight is 411 g/mol. The number of anilines is 2. The highest BCUT2D eigenvalue weighted by Crippen LogP contribution is 2.48. The fraction of sp³-hybridized carbons (Fsp3) is 0.294. The molecule has 0 amide bonds. The topological polar surface area (TPSA) is 21.3 Å². The fourth-order valence-electron chi connectivity index (χ4n) is 2.57. The minimum atomic E-state index is 0.874. The SMILES string of the molecule is CCCCCc1c(Br)c(Br)cc2c1Nc1ccccc1O2. The second-order valence-electron chi connectivity index (χ2n) is 5.20. The lowest BCUT2D eigenvalue weighted by molar-refractivity contribution is 0.479. The van der Waals surface area contributed by atoms with Gasteiger partial charge in [-0.1, -0.05) is 31.9 Å². The Labute approximate surface area is 142 Å². The van der Waals surface area contributed by atoms with Crippen molar-refractivity contribution >= 4 is 43.2 Å². The predicted octanol–water partition coefficient (Wildman–Crippen LogP) is 6.79. The van der Waals surface area contributed by atoms with Gasteiger partial charge in [-0.05, 0) is 68.5 Å². The maximum absolute atomic E-state index is 6.05. The van der Waals surface area contributed by atoms with E-state index in [-0.39, 0.29) is 0 Å². The molecule has 3 rings (SSSR count). The number of rotatable bonds is 4. The molecule has 21 heavy (non-hydrogen) atoms. The van der Waals surface area contributed by atoms with Crippen LogP contribution in [0.2, 0.25) is 0 Å². The molecule has 2 aromatic rings. The second kappa shape index (κ2) is 6.41. The molecular formula is C17H17Br2NO. The molecule has 2 nitrogen and oxygen atoms in total. The van der Waals surface area contributed by atoms with Crippen LogP contribution in [-0.4, -0.2) is 0 Å². The zero-order chi connectivity index (χ0) is 14.8. The van der Waals surface area contributed by atoms with Crippen molar-refractivity contribution < 1.29 is 4.74 Å². The van der Waals surface area contributed by atoms with Gasteiger partial charge in [0, 0.05) is 8.95 Å². The highest BCUT2D eigenvalue weighted by molar-refractivity contribution is 9.13. The standard InChI is InChI=1S/C17H17Br2NO/c1-2-3-4-7-11-16(19)12(18)10-15-17(11)20-13-8-5-6-9-14(13)21-15/h5-6,8-10,20H,2-4,7H2,1H3. The van der Waals surface area contributed by atoms with Gasteiger partial charge in [-0.15, -0.1) is 0 Å². The maximum Gasteiger partial charge on any atom is 0.152 e. The summed E-state index contributed by atoms with van der Waals surface area (Å²) in [5, 5.41) is 3.53. The smallest absolute Gasteiger partial charge is 0.152 e. The predicted molar refractivity (Wildman–Crippen MR) is 94.9 cm³/mol. The summed E-state index contributed by atoms with van der Waals surface area (Å²) in [5.41, 5.74) is 3.39. The van der Waals surface area contributed by atoms with E-state index in [2.05, 4.69) is 44.1 Å². The van der Waals surface area contributed by atoms with Crippen LogP contribution in [0.1, 0.15) is 31.7 Å². The van der Waals surface area contributed by atoms with Gasteiger partial charge in [-0.3, -0.25) is 0 Å². The van der Waals surface area contributed by atoms with Gasteiger partial charge in [0.15, 0.2) is 11.5 Å². The summed E-state index contributed by atoms with van der Waals surface area (Å²) < 4.78 is 8.20. The molecule has 0 saturated heterocycles. The molecular weight excluding hydrogens is 394 g/mol. The molecule has 0 aromatic heterocycles. The Balaban J connectivity index is 2.00. The second-order valence-corrected chi connectivity index (χ2v) is 6.85. The Morgan fingerprint density at radius 3 is 2.71 bits per heavy atom. The van der Waals surface area contributed by atoms with Gasteiger partial charge < -0.3 is 10.1 Å². The van der Waals surface area contributed by atoms with E-state index in [1.165, 1.54) is 24.8 Å². The third kappa shape index (κ3) is 2.97. The van der Waals surface area contributed by atoms with Crippen molar-refractivity contribution in [1.82, 2.24) is 0 Å². The van der Waals surface area contributed by atoms with E-state index in [9.17, 15) is 0 Å². The molecule has 1 aliphatic rings. The summed E-state index contributed by atoms with van der Waals surface area (Å²) in [7, 11) is 0. The third-order valence-electron chi connectivity index (χ3n) is 3.68. The van der Waals surface area contributed by atoms with Crippen molar-refractivity contribution in [3.63, 3.8) is 0 Å². The number of hydrogen-bond donors (Lipinski definition) is 1. The van der Waals surface area contributed by atoms with E-state index in [1.54, 1.807) is 0 Å². The normalized spacial score (nSPS) is 12.1. The van der Waals surface area contributed by atoms with Crippen LogP contribution < -0.4 is 10.1 Å². The molecule has 0 fully saturated rings. The molecule has 0 atom stereocenters. The summed E-state index contributed by atoms with van der Waals surface area (Å²) in [4.78, 5) is 0. The summed E-state index contributed by atoms with van der Waals surface area (Å²) in [6, 6.07) is 10.1. The Morgan fingerprint density at radius 1 is 1.10 bits per heavy atom. The van der Waals surface area contributed by atoms with Crippen LogP contribution in [0.3, 0.4) is 0 Å². The van der Waals surface area contributed by atoms with Crippen molar-refractivity contribution in [2.24, 2.45) is 0 Å².